The van der Waals surface area contributed by atoms with Crippen molar-refractivity contribution in [2.45, 2.75) is 17.6 Å². The molecule has 0 amide bonds. The van der Waals surface area contributed by atoms with Gasteiger partial charge in [0.05, 0.1) is 5.69 Å². The lowest BCUT2D eigenvalue weighted by Crippen LogP contribution is -2.02. The van der Waals surface area contributed by atoms with Crippen molar-refractivity contribution in [1.29, 1.82) is 0 Å². The SMILES string of the molecule is Cc1cn(C)c(SC(F)(F)F)n1. The Morgan fingerprint density at radius 1 is 1.50 bits per heavy atom. The minimum absolute atomic E-state index is 0.0278. The molecule has 0 spiro atoms. The molecule has 0 saturated heterocycles. The average molecular weight is 196 g/mol. The summed E-state index contributed by atoms with van der Waals surface area (Å²) in [5.41, 5.74) is -3.67. The summed E-state index contributed by atoms with van der Waals surface area (Å²) in [6.45, 7) is 1.65. The lowest BCUT2D eigenvalue weighted by molar-refractivity contribution is -0.0331. The summed E-state index contributed by atoms with van der Waals surface area (Å²) in [6, 6.07) is 0. The maximum Gasteiger partial charge on any atom is 0.449 e. The molecule has 0 aliphatic carbocycles. The lowest BCUT2D eigenvalue weighted by Gasteiger charge is -2.03. The van der Waals surface area contributed by atoms with Crippen molar-refractivity contribution in [3.05, 3.63) is 11.9 Å². The molecule has 0 aromatic carbocycles. The summed E-state index contributed by atoms with van der Waals surface area (Å²) in [6.07, 6.45) is 1.55. The van der Waals surface area contributed by atoms with E-state index in [1.165, 1.54) is 11.6 Å². The number of alkyl halides is 3. The van der Waals surface area contributed by atoms with Crippen molar-refractivity contribution in [2.24, 2.45) is 7.05 Å². The van der Waals surface area contributed by atoms with Gasteiger partial charge in [0, 0.05) is 25.0 Å². The van der Waals surface area contributed by atoms with E-state index in [0.717, 1.165) is 0 Å². The van der Waals surface area contributed by atoms with Crippen LogP contribution in [0.1, 0.15) is 5.69 Å². The second-order valence-electron chi connectivity index (χ2n) is 2.32. The fourth-order valence-electron chi connectivity index (χ4n) is 0.792. The Kier molecular flexibility index (Phi) is 2.36. The highest BCUT2D eigenvalue weighted by atomic mass is 32.2. The molecule has 0 unspecified atom stereocenters. The summed E-state index contributed by atoms with van der Waals surface area (Å²) in [5.74, 6) is 0. The Bertz CT molecular complexity index is 279. The normalized spacial score (nSPS) is 12.1. The van der Waals surface area contributed by atoms with Crippen LogP contribution in [0.15, 0.2) is 11.4 Å². The largest absolute Gasteiger partial charge is 0.449 e. The number of rotatable bonds is 1. The number of halogens is 3. The third-order valence-electron chi connectivity index (χ3n) is 1.16. The van der Waals surface area contributed by atoms with Gasteiger partial charge in [-0.25, -0.2) is 4.98 Å². The van der Waals surface area contributed by atoms with E-state index in [4.69, 9.17) is 0 Å². The summed E-state index contributed by atoms with van der Waals surface area (Å²) in [7, 11) is 1.54. The molecule has 0 radical (unpaired) electrons. The first kappa shape index (κ1) is 9.44. The summed E-state index contributed by atoms with van der Waals surface area (Å²) >= 11 is -0.200. The van der Waals surface area contributed by atoms with Gasteiger partial charge in [-0.3, -0.25) is 0 Å². The zero-order valence-corrected chi connectivity index (χ0v) is 7.33. The highest BCUT2D eigenvalue weighted by Gasteiger charge is 2.31. The quantitative estimate of drug-likeness (QED) is 0.641. The second kappa shape index (κ2) is 3.01. The van der Waals surface area contributed by atoms with Crippen molar-refractivity contribution in [3.63, 3.8) is 0 Å². The van der Waals surface area contributed by atoms with Gasteiger partial charge in [-0.15, -0.1) is 0 Å². The molecule has 1 aromatic heterocycles. The maximum absolute atomic E-state index is 11.8. The molecule has 1 heterocycles. The molecule has 0 aliphatic rings. The van der Waals surface area contributed by atoms with Crippen molar-refractivity contribution in [1.82, 2.24) is 9.55 Å². The van der Waals surface area contributed by atoms with E-state index in [-0.39, 0.29) is 16.9 Å². The predicted molar refractivity (Wildman–Crippen MR) is 39.9 cm³/mol. The molecule has 1 aromatic rings. The van der Waals surface area contributed by atoms with Gasteiger partial charge in [-0.1, -0.05) is 0 Å². The number of hydrogen-bond acceptors (Lipinski definition) is 2. The topological polar surface area (TPSA) is 17.8 Å². The van der Waals surface area contributed by atoms with E-state index in [2.05, 4.69) is 4.98 Å². The number of nitrogens with zero attached hydrogens (tertiary/aromatic N) is 2. The smallest absolute Gasteiger partial charge is 0.329 e. The van der Waals surface area contributed by atoms with E-state index in [1.54, 1.807) is 13.1 Å². The van der Waals surface area contributed by atoms with Gasteiger partial charge in [0.2, 0.25) is 0 Å². The minimum atomic E-state index is -4.26. The van der Waals surface area contributed by atoms with Crippen molar-refractivity contribution in [3.8, 4) is 0 Å². The highest BCUT2D eigenvalue weighted by molar-refractivity contribution is 8.00. The van der Waals surface area contributed by atoms with Crippen LogP contribution in [0.2, 0.25) is 0 Å². The van der Waals surface area contributed by atoms with Gasteiger partial charge in [0.15, 0.2) is 5.16 Å². The first-order valence-corrected chi connectivity index (χ1v) is 3.96. The van der Waals surface area contributed by atoms with Gasteiger partial charge < -0.3 is 4.57 Å². The van der Waals surface area contributed by atoms with E-state index in [1.807, 2.05) is 0 Å². The van der Waals surface area contributed by atoms with Crippen LogP contribution in [0.5, 0.6) is 0 Å². The zero-order valence-electron chi connectivity index (χ0n) is 6.51. The average Bonchev–Trinajstić information content (AvgIpc) is 2.06. The summed E-state index contributed by atoms with van der Waals surface area (Å²) in [5, 5.41) is -0.0278. The standard InChI is InChI=1S/C6H7F3N2S/c1-4-3-11(2)5(10-4)12-6(7,8)9/h3H,1-2H3. The fraction of sp³-hybridized carbons (Fsp3) is 0.500. The van der Waals surface area contributed by atoms with E-state index in [0.29, 0.717) is 5.69 Å². The van der Waals surface area contributed by atoms with E-state index >= 15 is 0 Å². The Morgan fingerprint density at radius 2 is 2.08 bits per heavy atom. The van der Waals surface area contributed by atoms with Crippen LogP contribution in [0.25, 0.3) is 0 Å². The number of imidazole rings is 1. The number of aromatic nitrogens is 2. The molecule has 2 nitrogen and oxygen atoms in total. The molecular formula is C6H7F3N2S. The summed E-state index contributed by atoms with van der Waals surface area (Å²) < 4.78 is 36.9. The van der Waals surface area contributed by atoms with Crippen LogP contribution in [0.4, 0.5) is 13.2 Å². The third-order valence-corrected chi connectivity index (χ3v) is 1.95. The number of hydrogen-bond donors (Lipinski definition) is 0. The van der Waals surface area contributed by atoms with Crippen LogP contribution < -0.4 is 0 Å². The van der Waals surface area contributed by atoms with Crippen LogP contribution >= 0.6 is 11.8 Å². The fourth-order valence-corrected chi connectivity index (χ4v) is 1.39. The molecule has 1 rings (SSSR count). The highest BCUT2D eigenvalue weighted by Crippen LogP contribution is 2.35. The maximum atomic E-state index is 11.8. The molecule has 12 heavy (non-hydrogen) atoms. The summed E-state index contributed by atoms with van der Waals surface area (Å²) in [4.78, 5) is 3.70. The van der Waals surface area contributed by atoms with Crippen LogP contribution in [0.3, 0.4) is 0 Å². The molecule has 0 fully saturated rings. The predicted octanol–water partition coefficient (Wildman–Crippen LogP) is 2.34. The number of aryl methyl sites for hydroxylation is 2. The van der Waals surface area contributed by atoms with Gasteiger partial charge in [0.25, 0.3) is 0 Å². The molecular weight excluding hydrogens is 189 g/mol. The zero-order chi connectivity index (χ0) is 9.35. The number of thioether (sulfide) groups is 1. The molecule has 0 N–H and O–H groups in total. The van der Waals surface area contributed by atoms with Crippen LogP contribution in [-0.2, 0) is 7.05 Å². The molecule has 68 valence electrons. The van der Waals surface area contributed by atoms with Gasteiger partial charge >= 0.3 is 5.51 Å². The van der Waals surface area contributed by atoms with Gasteiger partial charge in [-0.05, 0) is 6.92 Å². The lowest BCUT2D eigenvalue weighted by atomic mass is 10.6. The van der Waals surface area contributed by atoms with Gasteiger partial charge in [0.1, 0.15) is 0 Å². The molecule has 6 heteroatoms. The first-order valence-electron chi connectivity index (χ1n) is 3.14. The third kappa shape index (κ3) is 2.44. The Balaban J connectivity index is 2.82. The molecule has 0 bridgehead atoms. The second-order valence-corrected chi connectivity index (χ2v) is 3.36. The Labute approximate surface area is 71.8 Å². The van der Waals surface area contributed by atoms with Gasteiger partial charge in [-0.2, -0.15) is 13.2 Å². The Hall–Kier alpha value is -0.650. The van der Waals surface area contributed by atoms with Crippen molar-refractivity contribution < 1.29 is 13.2 Å². The van der Waals surface area contributed by atoms with Crippen molar-refractivity contribution in [2.75, 3.05) is 0 Å². The Morgan fingerprint density at radius 3 is 2.42 bits per heavy atom. The van der Waals surface area contributed by atoms with E-state index < -0.39 is 5.51 Å². The minimum Gasteiger partial charge on any atom is -0.329 e. The van der Waals surface area contributed by atoms with Crippen LogP contribution in [0, 0.1) is 6.92 Å². The van der Waals surface area contributed by atoms with Crippen LogP contribution in [-0.4, -0.2) is 15.1 Å². The molecule has 0 aliphatic heterocycles. The van der Waals surface area contributed by atoms with Crippen molar-refractivity contribution >= 4 is 11.8 Å². The molecule has 0 saturated carbocycles. The monoisotopic (exact) mass is 196 g/mol. The molecule has 0 atom stereocenters. The van der Waals surface area contributed by atoms with E-state index in [9.17, 15) is 13.2 Å². The first-order chi connectivity index (χ1) is 5.38.